The van der Waals surface area contributed by atoms with Crippen molar-refractivity contribution in [1.29, 1.82) is 0 Å². The number of nitrogens with one attached hydrogen (secondary N) is 2. The largest absolute Gasteiger partial charge is 0.424 e. The molecule has 3 aliphatic carbocycles. The summed E-state index contributed by atoms with van der Waals surface area (Å²) in [6.07, 6.45) is 5.19. The fraction of sp³-hybridized carbons (Fsp3) is 0.368. The highest BCUT2D eigenvalue weighted by Gasteiger charge is 2.72. The van der Waals surface area contributed by atoms with Gasteiger partial charge in [-0.25, -0.2) is 14.8 Å². The molecule has 3 saturated carbocycles. The molecule has 1 aromatic carbocycles. The zero-order valence-corrected chi connectivity index (χ0v) is 15.1. The molecule has 0 spiro atoms. The van der Waals surface area contributed by atoms with Gasteiger partial charge in [-0.1, -0.05) is 6.07 Å². The maximum Gasteiger partial charge on any atom is 0.325 e. The first-order valence-corrected chi connectivity index (χ1v) is 8.67. The minimum atomic E-state index is -0.568. The Morgan fingerprint density at radius 1 is 1.15 bits per heavy atom. The lowest BCUT2D eigenvalue weighted by molar-refractivity contribution is -0.262. The highest BCUT2D eigenvalue weighted by molar-refractivity contribution is 6.04. The van der Waals surface area contributed by atoms with Crippen molar-refractivity contribution in [2.24, 2.45) is 5.41 Å². The number of urea groups is 1. The first kappa shape index (κ1) is 17.4. The van der Waals surface area contributed by atoms with Crippen molar-refractivity contribution in [2.45, 2.75) is 31.8 Å². The first-order chi connectivity index (χ1) is 12.9. The minimum absolute atomic E-state index is 0.142. The number of aryl methyl sites for hydroxylation is 1. The average molecular weight is 368 g/mol. The molecule has 8 nitrogen and oxygen atoms in total. The van der Waals surface area contributed by atoms with E-state index in [1.54, 1.807) is 43.8 Å². The molecule has 2 aromatic rings. The van der Waals surface area contributed by atoms with E-state index in [-0.39, 0.29) is 17.5 Å². The number of ether oxygens (including phenoxy) is 2. The minimum Gasteiger partial charge on any atom is -0.424 e. The van der Waals surface area contributed by atoms with Gasteiger partial charge in [-0.05, 0) is 43.9 Å². The summed E-state index contributed by atoms with van der Waals surface area (Å²) in [5.41, 5.74) is 0.779. The highest BCUT2D eigenvalue weighted by Crippen LogP contribution is 2.68. The number of carbonyl (C=O) groups is 2. The van der Waals surface area contributed by atoms with Crippen LogP contribution < -0.4 is 15.4 Å². The number of nitrogens with zero attached hydrogens (tertiary/aromatic N) is 2. The van der Waals surface area contributed by atoms with Crippen LogP contribution in [0.1, 0.15) is 24.8 Å². The van der Waals surface area contributed by atoms with Crippen LogP contribution in [0.4, 0.5) is 10.5 Å². The summed E-state index contributed by atoms with van der Waals surface area (Å²) in [4.78, 5) is 32.6. The van der Waals surface area contributed by atoms with Gasteiger partial charge in [-0.15, -0.1) is 0 Å². The van der Waals surface area contributed by atoms with Crippen LogP contribution >= 0.6 is 0 Å². The Hall–Kier alpha value is -3.00. The quantitative estimate of drug-likeness (QED) is 0.841. The van der Waals surface area contributed by atoms with E-state index in [0.717, 1.165) is 5.56 Å². The van der Waals surface area contributed by atoms with Crippen LogP contribution in [0.25, 0.3) is 0 Å². The zero-order chi connectivity index (χ0) is 19.1. The number of carbonyl (C=O) groups excluding carboxylic acids is 2. The van der Waals surface area contributed by atoms with Gasteiger partial charge in [0.15, 0.2) is 0 Å². The molecule has 5 rings (SSSR count). The van der Waals surface area contributed by atoms with E-state index in [4.69, 9.17) is 9.47 Å². The van der Waals surface area contributed by atoms with Crippen LogP contribution in [0.2, 0.25) is 0 Å². The lowest BCUT2D eigenvalue weighted by Crippen LogP contribution is -2.73. The molecule has 3 aliphatic rings. The Bertz CT molecular complexity index is 880. The fourth-order valence-electron chi connectivity index (χ4n) is 3.77. The van der Waals surface area contributed by atoms with Crippen LogP contribution in [0.5, 0.6) is 11.8 Å². The third-order valence-corrected chi connectivity index (χ3v) is 5.31. The molecule has 3 fully saturated rings. The Morgan fingerprint density at radius 3 is 2.52 bits per heavy atom. The van der Waals surface area contributed by atoms with Crippen molar-refractivity contribution in [3.05, 3.63) is 42.2 Å². The molecule has 1 aromatic heterocycles. The molecule has 0 unspecified atom stereocenters. The van der Waals surface area contributed by atoms with Crippen LogP contribution in [0.15, 0.2) is 36.7 Å². The van der Waals surface area contributed by atoms with E-state index >= 15 is 0 Å². The SMILES string of the molecule is COC12CC(C(=O)NC(=O)Nc3ccc(C)c(Oc4ncccn4)c3)(C1)C2. The van der Waals surface area contributed by atoms with E-state index < -0.39 is 11.4 Å². The second-order valence-corrected chi connectivity index (χ2v) is 7.22. The third-order valence-electron chi connectivity index (χ3n) is 5.31. The Balaban J connectivity index is 1.37. The van der Waals surface area contributed by atoms with Gasteiger partial charge in [0, 0.05) is 31.3 Å². The number of hydrogen-bond donors (Lipinski definition) is 2. The van der Waals surface area contributed by atoms with E-state index in [0.29, 0.717) is 30.7 Å². The molecular weight excluding hydrogens is 348 g/mol. The van der Waals surface area contributed by atoms with Crippen molar-refractivity contribution in [3.63, 3.8) is 0 Å². The number of anilines is 1. The summed E-state index contributed by atoms with van der Waals surface area (Å²) in [5, 5.41) is 5.09. The number of amides is 3. The molecule has 140 valence electrons. The van der Waals surface area contributed by atoms with Crippen molar-refractivity contribution in [2.75, 3.05) is 12.4 Å². The van der Waals surface area contributed by atoms with Gasteiger partial charge >= 0.3 is 12.0 Å². The monoisotopic (exact) mass is 368 g/mol. The average Bonchev–Trinajstić information content (AvgIpc) is 2.57. The van der Waals surface area contributed by atoms with E-state index in [2.05, 4.69) is 20.6 Å². The number of methoxy groups -OCH3 is 1. The van der Waals surface area contributed by atoms with Crippen LogP contribution in [-0.2, 0) is 9.53 Å². The number of rotatable bonds is 5. The van der Waals surface area contributed by atoms with E-state index in [1.807, 2.05) is 6.92 Å². The standard InChI is InChI=1S/C19H20N4O4/c1-12-4-5-13(8-14(12)27-17-20-6-3-7-21-17)22-16(25)23-15(24)18-9-19(10-18,11-18)26-2/h3-8H,9-11H2,1-2H3,(H2,22,23,24,25). The van der Waals surface area contributed by atoms with Crippen LogP contribution in [0, 0.1) is 12.3 Å². The molecular formula is C19H20N4O4. The summed E-state index contributed by atoms with van der Waals surface area (Å²) < 4.78 is 11.0. The highest BCUT2D eigenvalue weighted by atomic mass is 16.5. The molecule has 8 heteroatoms. The number of aromatic nitrogens is 2. The van der Waals surface area contributed by atoms with E-state index in [9.17, 15) is 9.59 Å². The van der Waals surface area contributed by atoms with Crippen LogP contribution in [0.3, 0.4) is 0 Å². The molecule has 27 heavy (non-hydrogen) atoms. The molecule has 2 bridgehead atoms. The number of benzene rings is 1. The predicted molar refractivity (Wildman–Crippen MR) is 96.5 cm³/mol. The molecule has 0 aliphatic heterocycles. The van der Waals surface area contributed by atoms with Gasteiger partial charge in [-0.3, -0.25) is 10.1 Å². The second-order valence-electron chi connectivity index (χ2n) is 7.22. The molecule has 2 N–H and O–H groups in total. The van der Waals surface area contributed by atoms with Gasteiger partial charge in [0.2, 0.25) is 5.91 Å². The maximum atomic E-state index is 12.3. The summed E-state index contributed by atoms with van der Waals surface area (Å²) >= 11 is 0. The number of imide groups is 1. The summed E-state index contributed by atoms with van der Waals surface area (Å²) in [7, 11) is 1.66. The molecule has 1 heterocycles. The summed E-state index contributed by atoms with van der Waals surface area (Å²) in [6.45, 7) is 1.88. The number of hydrogen-bond acceptors (Lipinski definition) is 6. The Kier molecular flexibility index (Phi) is 4.07. The Labute approximate surface area is 156 Å². The predicted octanol–water partition coefficient (Wildman–Crippen LogP) is 2.79. The van der Waals surface area contributed by atoms with Gasteiger partial charge in [0.1, 0.15) is 5.75 Å². The van der Waals surface area contributed by atoms with Crippen molar-refractivity contribution < 1.29 is 19.1 Å². The van der Waals surface area contributed by atoms with Crippen LogP contribution in [-0.4, -0.2) is 34.6 Å². The lowest BCUT2D eigenvalue weighted by Gasteiger charge is -2.67. The van der Waals surface area contributed by atoms with E-state index in [1.165, 1.54) is 0 Å². The maximum absolute atomic E-state index is 12.3. The van der Waals surface area contributed by atoms with Gasteiger partial charge in [0.25, 0.3) is 0 Å². The molecule has 0 radical (unpaired) electrons. The smallest absolute Gasteiger partial charge is 0.325 e. The second kappa shape index (κ2) is 6.31. The Morgan fingerprint density at radius 2 is 1.85 bits per heavy atom. The molecule has 0 saturated heterocycles. The zero-order valence-electron chi connectivity index (χ0n) is 15.1. The van der Waals surface area contributed by atoms with Gasteiger partial charge in [-0.2, -0.15) is 0 Å². The van der Waals surface area contributed by atoms with Gasteiger partial charge in [0.05, 0.1) is 11.0 Å². The summed E-state index contributed by atoms with van der Waals surface area (Å²) in [5.74, 6) is 0.270. The van der Waals surface area contributed by atoms with Crippen molar-refractivity contribution in [1.82, 2.24) is 15.3 Å². The van der Waals surface area contributed by atoms with Gasteiger partial charge < -0.3 is 14.8 Å². The molecule has 0 atom stereocenters. The molecule has 3 amide bonds. The normalized spacial score (nSPS) is 25.0. The fourth-order valence-corrected chi connectivity index (χ4v) is 3.77. The third kappa shape index (κ3) is 3.12. The lowest BCUT2D eigenvalue weighted by atomic mass is 9.41. The topological polar surface area (TPSA) is 102 Å². The first-order valence-electron chi connectivity index (χ1n) is 8.67. The van der Waals surface area contributed by atoms with Crippen molar-refractivity contribution >= 4 is 17.6 Å². The summed E-state index contributed by atoms with van der Waals surface area (Å²) in [6, 6.07) is 6.55. The van der Waals surface area contributed by atoms with Crippen molar-refractivity contribution in [3.8, 4) is 11.8 Å².